The lowest BCUT2D eigenvalue weighted by Crippen LogP contribution is -2.21. The molecule has 0 aliphatic carbocycles. The normalized spacial score (nSPS) is 11.3. The molecule has 3 aromatic rings. The maximum Gasteiger partial charge on any atom is 0.316 e. The number of fused-ring (bicyclic) bond motifs is 1. The average molecular weight is 408 g/mol. The molecule has 1 N–H and O–H groups in total. The third kappa shape index (κ3) is 6.09. The van der Waals surface area contributed by atoms with E-state index < -0.39 is 5.97 Å². The van der Waals surface area contributed by atoms with E-state index in [1.807, 2.05) is 66.7 Å². The van der Waals surface area contributed by atoms with Gasteiger partial charge >= 0.3 is 5.97 Å². The molecule has 0 unspecified atom stereocenters. The summed E-state index contributed by atoms with van der Waals surface area (Å²) in [5, 5.41) is 5.03. The lowest BCUT2D eigenvalue weighted by Gasteiger charge is -2.19. The summed E-state index contributed by atoms with van der Waals surface area (Å²) in [6, 6.07) is 21.8. The molecule has 3 aromatic carbocycles. The maximum absolute atomic E-state index is 12.0. The molecule has 150 valence electrons. The van der Waals surface area contributed by atoms with Gasteiger partial charge in [0.05, 0.1) is 5.75 Å². The Morgan fingerprint density at radius 2 is 1.62 bits per heavy atom. The minimum absolute atomic E-state index is 0.0563. The fourth-order valence-corrected chi connectivity index (χ4v) is 3.58. The number of carbonyl (C=O) groups is 2. The number of ether oxygens (including phenoxy) is 1. The third-order valence-corrected chi connectivity index (χ3v) is 5.44. The minimum atomic E-state index is -0.415. The van der Waals surface area contributed by atoms with Gasteiger partial charge in [0, 0.05) is 10.6 Å². The standard InChI is InChI=1S/C24H25NO3S/c1-24(2,3)19-9-11-20(12-10-19)25-22(26)15-28-23(27)16-29-21-13-8-17-6-4-5-7-18(17)14-21/h4-14H,15-16H2,1-3H3,(H,25,26). The summed E-state index contributed by atoms with van der Waals surface area (Å²) in [4.78, 5) is 25.0. The summed E-state index contributed by atoms with van der Waals surface area (Å²) in [6.45, 7) is 6.11. The Kier molecular flexibility index (Phi) is 6.60. The summed E-state index contributed by atoms with van der Waals surface area (Å²) in [5.74, 6) is -0.606. The van der Waals surface area contributed by atoms with Crippen molar-refractivity contribution in [3.8, 4) is 0 Å². The Labute approximate surface area is 175 Å². The first kappa shape index (κ1) is 20.9. The fourth-order valence-electron chi connectivity index (χ4n) is 2.84. The zero-order chi connectivity index (χ0) is 20.9. The SMILES string of the molecule is CC(C)(C)c1ccc(NC(=O)COC(=O)CSc2ccc3ccccc3c2)cc1. The average Bonchev–Trinajstić information content (AvgIpc) is 2.70. The number of rotatable bonds is 6. The van der Waals surface area contributed by atoms with Crippen molar-refractivity contribution in [3.05, 3.63) is 72.3 Å². The van der Waals surface area contributed by atoms with Crippen molar-refractivity contribution in [1.29, 1.82) is 0 Å². The molecule has 0 saturated carbocycles. The van der Waals surface area contributed by atoms with E-state index in [1.165, 1.54) is 17.3 Å². The highest BCUT2D eigenvalue weighted by atomic mass is 32.2. The van der Waals surface area contributed by atoms with Crippen LogP contribution in [-0.2, 0) is 19.7 Å². The summed E-state index contributed by atoms with van der Waals surface area (Å²) in [6.07, 6.45) is 0. The van der Waals surface area contributed by atoms with Gasteiger partial charge in [0.15, 0.2) is 6.61 Å². The van der Waals surface area contributed by atoms with Crippen LogP contribution in [0.1, 0.15) is 26.3 Å². The van der Waals surface area contributed by atoms with E-state index >= 15 is 0 Å². The highest BCUT2D eigenvalue weighted by molar-refractivity contribution is 8.00. The quantitative estimate of drug-likeness (QED) is 0.438. The number of hydrogen-bond donors (Lipinski definition) is 1. The molecule has 1 amide bonds. The van der Waals surface area contributed by atoms with Crippen molar-refractivity contribution in [2.45, 2.75) is 31.1 Å². The van der Waals surface area contributed by atoms with E-state index in [1.54, 1.807) is 0 Å². The highest BCUT2D eigenvalue weighted by Crippen LogP contribution is 2.24. The molecule has 0 atom stereocenters. The second kappa shape index (κ2) is 9.14. The van der Waals surface area contributed by atoms with Gasteiger partial charge in [-0.15, -0.1) is 11.8 Å². The van der Waals surface area contributed by atoms with Crippen molar-refractivity contribution >= 4 is 40.1 Å². The van der Waals surface area contributed by atoms with E-state index in [0.29, 0.717) is 5.69 Å². The molecule has 0 saturated heterocycles. The molecule has 0 heterocycles. The van der Waals surface area contributed by atoms with Gasteiger partial charge in [-0.2, -0.15) is 0 Å². The van der Waals surface area contributed by atoms with Gasteiger partial charge in [-0.1, -0.05) is 63.2 Å². The topological polar surface area (TPSA) is 55.4 Å². The van der Waals surface area contributed by atoms with E-state index in [0.717, 1.165) is 15.7 Å². The van der Waals surface area contributed by atoms with Crippen LogP contribution >= 0.6 is 11.8 Å². The first-order valence-corrected chi connectivity index (χ1v) is 10.5. The zero-order valence-electron chi connectivity index (χ0n) is 16.9. The van der Waals surface area contributed by atoms with Crippen LogP contribution < -0.4 is 5.32 Å². The molecule has 3 rings (SSSR count). The molecule has 29 heavy (non-hydrogen) atoms. The Morgan fingerprint density at radius 1 is 0.931 bits per heavy atom. The van der Waals surface area contributed by atoms with Crippen LogP contribution in [0.15, 0.2) is 71.6 Å². The Balaban J connectivity index is 1.44. The number of carbonyl (C=O) groups excluding carboxylic acids is 2. The van der Waals surface area contributed by atoms with Crippen molar-refractivity contribution in [1.82, 2.24) is 0 Å². The number of nitrogens with one attached hydrogen (secondary N) is 1. The maximum atomic E-state index is 12.0. The lowest BCUT2D eigenvalue weighted by molar-refractivity contribution is -0.144. The second-order valence-electron chi connectivity index (χ2n) is 7.83. The van der Waals surface area contributed by atoms with Crippen molar-refractivity contribution in [2.75, 3.05) is 17.7 Å². The van der Waals surface area contributed by atoms with E-state index in [4.69, 9.17) is 4.74 Å². The van der Waals surface area contributed by atoms with Gasteiger partial charge in [-0.25, -0.2) is 0 Å². The first-order valence-electron chi connectivity index (χ1n) is 9.49. The van der Waals surface area contributed by atoms with Crippen LogP contribution in [0.25, 0.3) is 10.8 Å². The molecule has 0 aromatic heterocycles. The van der Waals surface area contributed by atoms with Crippen molar-refractivity contribution in [3.63, 3.8) is 0 Å². The number of benzene rings is 3. The Bertz CT molecular complexity index is 1010. The number of amides is 1. The Hall–Kier alpha value is -2.79. The minimum Gasteiger partial charge on any atom is -0.455 e. The van der Waals surface area contributed by atoms with Crippen LogP contribution in [0.5, 0.6) is 0 Å². The van der Waals surface area contributed by atoms with Crippen molar-refractivity contribution < 1.29 is 14.3 Å². The first-order chi connectivity index (χ1) is 13.8. The molecule has 0 aliphatic heterocycles. The van der Waals surface area contributed by atoms with Crippen LogP contribution in [0.2, 0.25) is 0 Å². The summed E-state index contributed by atoms with van der Waals surface area (Å²) < 4.78 is 5.09. The predicted octanol–water partition coefficient (Wildman–Crippen LogP) is 5.41. The van der Waals surface area contributed by atoms with Crippen molar-refractivity contribution in [2.24, 2.45) is 0 Å². The fraction of sp³-hybridized carbons (Fsp3) is 0.250. The summed E-state index contributed by atoms with van der Waals surface area (Å²) in [7, 11) is 0. The summed E-state index contributed by atoms with van der Waals surface area (Å²) in [5.41, 5.74) is 1.93. The Morgan fingerprint density at radius 3 is 2.31 bits per heavy atom. The smallest absolute Gasteiger partial charge is 0.316 e. The molecular formula is C24H25NO3S. The molecule has 0 spiro atoms. The van der Waals surface area contributed by atoms with Crippen LogP contribution in [0, 0.1) is 0 Å². The number of anilines is 1. The van der Waals surface area contributed by atoms with E-state index in [9.17, 15) is 9.59 Å². The molecule has 0 fully saturated rings. The highest BCUT2D eigenvalue weighted by Gasteiger charge is 2.13. The monoisotopic (exact) mass is 407 g/mol. The van der Waals surface area contributed by atoms with Gasteiger partial charge in [-0.05, 0) is 46.0 Å². The van der Waals surface area contributed by atoms with Crippen LogP contribution in [0.4, 0.5) is 5.69 Å². The molecule has 5 heteroatoms. The van der Waals surface area contributed by atoms with Crippen LogP contribution in [0.3, 0.4) is 0 Å². The number of esters is 1. The van der Waals surface area contributed by atoms with E-state index in [-0.39, 0.29) is 23.7 Å². The molecule has 0 bridgehead atoms. The van der Waals surface area contributed by atoms with Gasteiger partial charge in [0.1, 0.15) is 0 Å². The van der Waals surface area contributed by atoms with Gasteiger partial charge in [0.2, 0.25) is 0 Å². The molecular weight excluding hydrogens is 382 g/mol. The molecule has 0 aliphatic rings. The number of hydrogen-bond acceptors (Lipinski definition) is 4. The molecule has 4 nitrogen and oxygen atoms in total. The predicted molar refractivity (Wildman–Crippen MR) is 119 cm³/mol. The third-order valence-electron chi connectivity index (χ3n) is 4.48. The summed E-state index contributed by atoms with van der Waals surface area (Å²) >= 11 is 1.40. The molecule has 0 radical (unpaired) electrons. The number of thioether (sulfide) groups is 1. The lowest BCUT2D eigenvalue weighted by atomic mass is 9.87. The zero-order valence-corrected chi connectivity index (χ0v) is 17.7. The largest absolute Gasteiger partial charge is 0.455 e. The van der Waals surface area contributed by atoms with Crippen LogP contribution in [-0.4, -0.2) is 24.2 Å². The van der Waals surface area contributed by atoms with Gasteiger partial charge in [-0.3, -0.25) is 9.59 Å². The van der Waals surface area contributed by atoms with E-state index in [2.05, 4.69) is 26.1 Å². The second-order valence-corrected chi connectivity index (χ2v) is 8.88. The van der Waals surface area contributed by atoms with Gasteiger partial charge in [0.25, 0.3) is 5.91 Å². The van der Waals surface area contributed by atoms with Gasteiger partial charge < -0.3 is 10.1 Å².